The summed E-state index contributed by atoms with van der Waals surface area (Å²) in [5.41, 5.74) is 3.01. The summed E-state index contributed by atoms with van der Waals surface area (Å²) in [6.45, 7) is 3.84. The van der Waals surface area contributed by atoms with Gasteiger partial charge in [-0.05, 0) is 13.8 Å². The molecule has 3 aromatic heterocycles. The van der Waals surface area contributed by atoms with Gasteiger partial charge in [-0.2, -0.15) is 9.61 Å². The zero-order valence-electron chi connectivity index (χ0n) is 12.1. The van der Waals surface area contributed by atoms with Crippen LogP contribution in [0.5, 0.6) is 0 Å². The van der Waals surface area contributed by atoms with Gasteiger partial charge < -0.3 is 4.52 Å². The van der Waals surface area contributed by atoms with Gasteiger partial charge in [0.2, 0.25) is 4.96 Å². The number of aromatic nitrogens is 5. The number of fused-ring (bicyclic) bond motifs is 1. The van der Waals surface area contributed by atoms with Crippen LogP contribution >= 0.6 is 11.3 Å². The van der Waals surface area contributed by atoms with Gasteiger partial charge in [0.15, 0.2) is 5.82 Å². The minimum atomic E-state index is 0.611. The molecule has 0 aliphatic carbocycles. The van der Waals surface area contributed by atoms with Gasteiger partial charge in [0.25, 0.3) is 0 Å². The van der Waals surface area contributed by atoms with Crippen molar-refractivity contribution in [1.82, 2.24) is 25.0 Å². The van der Waals surface area contributed by atoms with Crippen LogP contribution in [0.25, 0.3) is 15.5 Å². The van der Waals surface area contributed by atoms with E-state index < -0.39 is 0 Å². The summed E-state index contributed by atoms with van der Waals surface area (Å²) in [5, 5.41) is 18.0. The number of nitrogens with zero attached hydrogens (tertiary/aromatic N) is 5. The molecule has 0 bridgehead atoms. The summed E-state index contributed by atoms with van der Waals surface area (Å²) in [4.78, 5) is 0.792. The van der Waals surface area contributed by atoms with E-state index in [2.05, 4.69) is 20.5 Å². The van der Waals surface area contributed by atoms with Crippen molar-refractivity contribution in [3.8, 4) is 10.6 Å². The van der Waals surface area contributed by atoms with Gasteiger partial charge in [-0.25, -0.2) is 0 Å². The molecule has 3 heterocycles. The number of hydrogen-bond acceptors (Lipinski definition) is 6. The fraction of sp³-hybridized carbons (Fsp3) is 0.200. The van der Waals surface area contributed by atoms with Gasteiger partial charge in [-0.3, -0.25) is 0 Å². The van der Waals surface area contributed by atoms with Gasteiger partial charge in [0.1, 0.15) is 10.8 Å². The monoisotopic (exact) mass is 311 g/mol. The van der Waals surface area contributed by atoms with Crippen LogP contribution in [0.2, 0.25) is 0 Å². The molecule has 110 valence electrons. The second-order valence-electron chi connectivity index (χ2n) is 5.06. The van der Waals surface area contributed by atoms with E-state index in [4.69, 9.17) is 4.52 Å². The van der Waals surface area contributed by atoms with Crippen LogP contribution in [-0.2, 0) is 6.42 Å². The molecule has 0 aliphatic rings. The maximum atomic E-state index is 5.21. The van der Waals surface area contributed by atoms with E-state index in [1.807, 2.05) is 44.2 Å². The van der Waals surface area contributed by atoms with Crippen molar-refractivity contribution in [2.45, 2.75) is 20.3 Å². The van der Waals surface area contributed by atoms with Crippen molar-refractivity contribution in [2.24, 2.45) is 0 Å². The fourth-order valence-corrected chi connectivity index (χ4v) is 3.24. The van der Waals surface area contributed by atoms with Crippen LogP contribution in [0.3, 0.4) is 0 Å². The molecule has 0 N–H and O–H groups in total. The molecule has 0 unspecified atom stereocenters. The highest BCUT2D eigenvalue weighted by atomic mass is 32.1. The molecule has 0 atom stereocenters. The van der Waals surface area contributed by atoms with Crippen molar-refractivity contribution in [3.05, 3.63) is 53.2 Å². The van der Waals surface area contributed by atoms with Crippen LogP contribution in [0.1, 0.15) is 22.8 Å². The third-order valence-corrected chi connectivity index (χ3v) is 4.54. The van der Waals surface area contributed by atoms with Crippen molar-refractivity contribution in [1.29, 1.82) is 0 Å². The first kappa shape index (κ1) is 13.1. The van der Waals surface area contributed by atoms with Crippen molar-refractivity contribution < 1.29 is 4.52 Å². The first-order valence-corrected chi connectivity index (χ1v) is 7.72. The largest absolute Gasteiger partial charge is 0.361 e. The molecule has 0 fully saturated rings. The maximum Gasteiger partial charge on any atom is 0.234 e. The van der Waals surface area contributed by atoms with Gasteiger partial charge in [0, 0.05) is 17.5 Å². The number of aryl methyl sites for hydroxylation is 2. The van der Waals surface area contributed by atoms with Crippen molar-refractivity contribution in [2.75, 3.05) is 0 Å². The summed E-state index contributed by atoms with van der Waals surface area (Å²) in [5.74, 6) is 1.61. The van der Waals surface area contributed by atoms with E-state index in [-0.39, 0.29) is 0 Å². The molecule has 1 aromatic carbocycles. The Morgan fingerprint density at radius 1 is 1.14 bits per heavy atom. The predicted octanol–water partition coefficient (Wildman–Crippen LogP) is 3.05. The zero-order valence-corrected chi connectivity index (χ0v) is 13.0. The van der Waals surface area contributed by atoms with Crippen molar-refractivity contribution >= 4 is 16.3 Å². The summed E-state index contributed by atoms with van der Waals surface area (Å²) in [7, 11) is 0. The third kappa shape index (κ3) is 2.10. The summed E-state index contributed by atoms with van der Waals surface area (Å²) >= 11 is 1.53. The summed E-state index contributed by atoms with van der Waals surface area (Å²) in [6, 6.07) is 10.1. The minimum absolute atomic E-state index is 0.611. The maximum absolute atomic E-state index is 5.21. The normalized spacial score (nSPS) is 11.4. The summed E-state index contributed by atoms with van der Waals surface area (Å²) < 4.78 is 7.01. The molecule has 0 saturated carbocycles. The smallest absolute Gasteiger partial charge is 0.234 e. The molecule has 0 spiro atoms. The quantitative estimate of drug-likeness (QED) is 0.581. The molecule has 4 aromatic rings. The first-order chi connectivity index (χ1) is 10.7. The van der Waals surface area contributed by atoms with Crippen LogP contribution in [-0.4, -0.2) is 25.0 Å². The Morgan fingerprint density at radius 2 is 1.95 bits per heavy atom. The fourth-order valence-electron chi connectivity index (χ4n) is 2.38. The Morgan fingerprint density at radius 3 is 2.68 bits per heavy atom. The van der Waals surface area contributed by atoms with E-state index in [1.54, 1.807) is 4.52 Å². The van der Waals surface area contributed by atoms with E-state index in [9.17, 15) is 0 Å². The molecule has 22 heavy (non-hydrogen) atoms. The highest BCUT2D eigenvalue weighted by Gasteiger charge is 2.17. The van der Waals surface area contributed by atoms with E-state index in [0.717, 1.165) is 38.4 Å². The lowest BCUT2D eigenvalue weighted by molar-refractivity contribution is 0.392. The lowest BCUT2D eigenvalue weighted by atomic mass is 10.1. The second-order valence-corrected chi connectivity index (χ2v) is 6.02. The van der Waals surface area contributed by atoms with Crippen LogP contribution in [0.4, 0.5) is 0 Å². The number of hydrogen-bond donors (Lipinski definition) is 0. The molecular weight excluding hydrogens is 298 g/mol. The van der Waals surface area contributed by atoms with Crippen LogP contribution in [0, 0.1) is 13.8 Å². The molecular formula is C15H13N5OS. The van der Waals surface area contributed by atoms with Gasteiger partial charge >= 0.3 is 0 Å². The zero-order chi connectivity index (χ0) is 15.1. The lowest BCUT2D eigenvalue weighted by Crippen LogP contribution is -1.99. The summed E-state index contributed by atoms with van der Waals surface area (Å²) in [6.07, 6.45) is 0.611. The van der Waals surface area contributed by atoms with Crippen molar-refractivity contribution in [3.63, 3.8) is 0 Å². The van der Waals surface area contributed by atoms with Gasteiger partial charge in [0.05, 0.1) is 5.69 Å². The first-order valence-electron chi connectivity index (χ1n) is 6.90. The Kier molecular flexibility index (Phi) is 3.00. The average Bonchev–Trinajstić information content (AvgIpc) is 3.19. The average molecular weight is 311 g/mol. The predicted molar refractivity (Wildman–Crippen MR) is 82.9 cm³/mol. The Labute approximate surface area is 130 Å². The van der Waals surface area contributed by atoms with Gasteiger partial charge in [-0.1, -0.05) is 46.8 Å². The molecule has 0 radical (unpaired) electrons. The SMILES string of the molecule is Cc1noc(C)c1Cc1nnc2sc(-c3ccccc3)nn12. The van der Waals surface area contributed by atoms with Crippen LogP contribution in [0.15, 0.2) is 34.9 Å². The van der Waals surface area contributed by atoms with E-state index >= 15 is 0 Å². The highest BCUT2D eigenvalue weighted by molar-refractivity contribution is 7.19. The molecule has 0 saturated heterocycles. The standard InChI is InChI=1S/C15H13N5OS/c1-9-12(10(2)21-19-9)8-13-16-17-15-20(13)18-14(22-15)11-6-4-3-5-7-11/h3-7H,8H2,1-2H3. The van der Waals surface area contributed by atoms with E-state index in [0.29, 0.717) is 6.42 Å². The minimum Gasteiger partial charge on any atom is -0.361 e. The van der Waals surface area contributed by atoms with Gasteiger partial charge in [-0.15, -0.1) is 10.2 Å². The highest BCUT2D eigenvalue weighted by Crippen LogP contribution is 2.26. The second kappa shape index (κ2) is 5.03. The topological polar surface area (TPSA) is 69.1 Å². The third-order valence-electron chi connectivity index (χ3n) is 3.59. The molecule has 0 aliphatic heterocycles. The Bertz CT molecular complexity index is 918. The Balaban J connectivity index is 1.75. The van der Waals surface area contributed by atoms with Crippen LogP contribution < -0.4 is 0 Å². The number of benzene rings is 1. The molecule has 6 nitrogen and oxygen atoms in total. The number of rotatable bonds is 3. The lowest BCUT2D eigenvalue weighted by Gasteiger charge is -1.97. The molecule has 4 rings (SSSR count). The molecule has 0 amide bonds. The molecule has 7 heteroatoms. The van der Waals surface area contributed by atoms with E-state index in [1.165, 1.54) is 11.3 Å². The Hall–Kier alpha value is -2.54.